The monoisotopic (exact) mass is 142 g/mol. The molecule has 0 bridgehead atoms. The van der Waals surface area contributed by atoms with E-state index in [1.807, 2.05) is 0 Å². The van der Waals surface area contributed by atoms with E-state index in [-0.39, 0.29) is 0 Å². The van der Waals surface area contributed by atoms with Crippen molar-refractivity contribution in [3.8, 4) is 0 Å². The highest BCUT2D eigenvalue weighted by Gasteiger charge is 2.24. The Labute approximate surface area is 46.9 Å². The van der Waals surface area contributed by atoms with Crippen molar-refractivity contribution in [3.05, 3.63) is 12.8 Å². The summed E-state index contributed by atoms with van der Waals surface area (Å²) in [5.74, 6) is 0. The van der Waals surface area contributed by atoms with E-state index >= 15 is 0 Å². The molecule has 0 aromatic heterocycles. The van der Waals surface area contributed by atoms with Crippen LogP contribution in [0, 0.1) is 0 Å². The third-order valence-electron chi connectivity index (χ3n) is 0.283. The minimum absolute atomic E-state index is 0.443. The molecule has 50 valence electrons. The summed E-state index contributed by atoms with van der Waals surface area (Å²) in [5.41, 5.74) is 0. The first-order chi connectivity index (χ1) is 3.31. The van der Waals surface area contributed by atoms with Gasteiger partial charge in [-0.3, -0.25) is 4.55 Å². The van der Waals surface area contributed by atoms with Crippen LogP contribution >= 0.6 is 0 Å². The van der Waals surface area contributed by atoms with Crippen LogP contribution in [-0.2, 0) is 14.2 Å². The Balaban J connectivity index is 4.16. The van der Waals surface area contributed by atoms with Gasteiger partial charge in [-0.25, -0.2) is 0 Å². The minimum atomic E-state index is -5.26. The fourth-order valence-electron chi connectivity index (χ4n) is 0.152. The van der Waals surface area contributed by atoms with Gasteiger partial charge in [0.2, 0.25) is 0 Å². The Bertz CT molecular complexity index is 147. The molecule has 0 aromatic rings. The highest BCUT2D eigenvalue weighted by Crippen LogP contribution is 2.18. The summed E-state index contributed by atoms with van der Waals surface area (Å²) in [6.45, 7) is 2.90. The summed E-state index contributed by atoms with van der Waals surface area (Å²) >= 11 is 0. The molecule has 0 aliphatic heterocycles. The second-order valence-electron chi connectivity index (χ2n) is 1.35. The van der Waals surface area contributed by atoms with E-state index in [9.17, 15) is 8.09 Å². The second-order valence-corrected chi connectivity index (χ2v) is 3.70. The summed E-state index contributed by atoms with van der Waals surface area (Å²) < 4.78 is 33.6. The Morgan fingerprint density at radius 2 is 2.38 bits per heavy atom. The van der Waals surface area contributed by atoms with Gasteiger partial charge in [0.15, 0.2) is 0 Å². The van der Waals surface area contributed by atoms with Crippen molar-refractivity contribution in [2.75, 3.05) is 6.26 Å². The molecule has 1 N–H and O–H groups in total. The quantitative estimate of drug-likeness (QED) is 0.459. The molecule has 0 radical (unpaired) electrons. The molecule has 0 atom stereocenters. The maximum Gasteiger partial charge on any atom is 0.259 e. The van der Waals surface area contributed by atoms with Gasteiger partial charge in [0.25, 0.3) is 10.0 Å². The smallest absolute Gasteiger partial charge is 0.259 e. The summed E-state index contributed by atoms with van der Waals surface area (Å²) in [6.07, 6.45) is 1.02. The van der Waals surface area contributed by atoms with Crippen molar-refractivity contribution < 1.29 is 16.8 Å². The van der Waals surface area contributed by atoms with E-state index in [1.165, 1.54) is 0 Å². The molecule has 0 unspecified atom stereocenters. The molecule has 5 heteroatoms. The molecule has 0 saturated carbocycles. The lowest BCUT2D eigenvalue weighted by atomic mass is 11.2. The van der Waals surface area contributed by atoms with Crippen LogP contribution in [-0.4, -0.2) is 15.0 Å². The SMILES string of the molecule is C=COS(C)(=O)(O)F. The maximum absolute atomic E-state index is 11.9. The molecule has 0 saturated heterocycles. The van der Waals surface area contributed by atoms with Crippen LogP contribution in [0.25, 0.3) is 0 Å². The molecule has 0 heterocycles. The zero-order chi connectivity index (χ0) is 6.86. The van der Waals surface area contributed by atoms with Gasteiger partial charge in [-0.1, -0.05) is 10.5 Å². The summed E-state index contributed by atoms with van der Waals surface area (Å²) in [5, 5.41) is 0. The molecule has 0 amide bonds. The van der Waals surface area contributed by atoms with E-state index < -0.39 is 10.0 Å². The van der Waals surface area contributed by atoms with Crippen LogP contribution in [0.5, 0.6) is 0 Å². The first-order valence-corrected chi connectivity index (χ1v) is 3.88. The van der Waals surface area contributed by atoms with Gasteiger partial charge in [-0.15, -0.1) is 0 Å². The van der Waals surface area contributed by atoms with Crippen LogP contribution in [0.1, 0.15) is 0 Å². The molecule has 8 heavy (non-hydrogen) atoms. The average Bonchev–Trinajstić information content (AvgIpc) is 1.25. The molecular formula is C3H7FO3S. The average molecular weight is 142 g/mol. The molecule has 0 spiro atoms. The van der Waals surface area contributed by atoms with Crippen LogP contribution < -0.4 is 0 Å². The van der Waals surface area contributed by atoms with Crippen LogP contribution in [0.3, 0.4) is 0 Å². The van der Waals surface area contributed by atoms with Gasteiger partial charge in [0.1, 0.15) is 0 Å². The van der Waals surface area contributed by atoms with E-state index in [2.05, 4.69) is 10.8 Å². The van der Waals surface area contributed by atoms with E-state index in [4.69, 9.17) is 4.55 Å². The summed E-state index contributed by atoms with van der Waals surface area (Å²) in [7, 11) is -5.26. The van der Waals surface area contributed by atoms with E-state index in [0.29, 0.717) is 12.5 Å². The molecule has 0 rings (SSSR count). The number of halogens is 1. The van der Waals surface area contributed by atoms with E-state index in [0.717, 1.165) is 0 Å². The van der Waals surface area contributed by atoms with Gasteiger partial charge >= 0.3 is 0 Å². The second kappa shape index (κ2) is 1.53. The maximum atomic E-state index is 11.9. The van der Waals surface area contributed by atoms with Crippen LogP contribution in [0.2, 0.25) is 0 Å². The first kappa shape index (κ1) is 7.58. The Morgan fingerprint density at radius 1 is 2.00 bits per heavy atom. The Kier molecular flexibility index (Phi) is 1.45. The molecule has 0 aromatic carbocycles. The Hall–Kier alpha value is -0.420. The predicted octanol–water partition coefficient (Wildman–Crippen LogP) is 0.869. The van der Waals surface area contributed by atoms with Gasteiger partial charge < -0.3 is 4.18 Å². The molecule has 3 nitrogen and oxygen atoms in total. The molecule has 0 aliphatic carbocycles. The number of rotatable bonds is 2. The molecule has 0 aliphatic rings. The van der Waals surface area contributed by atoms with Gasteiger partial charge in [0.05, 0.1) is 12.5 Å². The lowest BCUT2D eigenvalue weighted by molar-refractivity contribution is 0.322. The Morgan fingerprint density at radius 3 is 2.38 bits per heavy atom. The summed E-state index contributed by atoms with van der Waals surface area (Å²) in [6, 6.07) is 0. The topological polar surface area (TPSA) is 46.5 Å². The van der Waals surface area contributed by atoms with Gasteiger partial charge in [-0.2, -0.15) is 4.21 Å². The van der Waals surface area contributed by atoms with Crippen molar-refractivity contribution in [3.63, 3.8) is 0 Å². The zero-order valence-corrected chi connectivity index (χ0v) is 5.15. The number of hydrogen-bond donors (Lipinski definition) is 1. The molecule has 0 fully saturated rings. The lowest BCUT2D eigenvalue weighted by Crippen LogP contribution is -2.23. The molecular weight excluding hydrogens is 135 g/mol. The van der Waals surface area contributed by atoms with Crippen molar-refractivity contribution in [2.45, 2.75) is 0 Å². The van der Waals surface area contributed by atoms with Gasteiger partial charge in [0, 0.05) is 0 Å². The third kappa shape index (κ3) is 5.58. The van der Waals surface area contributed by atoms with Crippen molar-refractivity contribution in [2.24, 2.45) is 0 Å². The van der Waals surface area contributed by atoms with Gasteiger partial charge in [-0.05, 0) is 0 Å². The van der Waals surface area contributed by atoms with Crippen molar-refractivity contribution in [1.82, 2.24) is 0 Å². The fraction of sp³-hybridized carbons (Fsp3) is 0.333. The van der Waals surface area contributed by atoms with Crippen molar-refractivity contribution >= 4 is 10.0 Å². The van der Waals surface area contributed by atoms with Crippen molar-refractivity contribution in [1.29, 1.82) is 0 Å². The highest BCUT2D eigenvalue weighted by atomic mass is 32.3. The van der Waals surface area contributed by atoms with Crippen LogP contribution in [0.15, 0.2) is 12.8 Å². The number of hydrogen-bond acceptors (Lipinski definition) is 2. The standard InChI is InChI=1S/C3H7FO3S/c1-3-7-8(2,4,5)6/h3H,1H2,2H3,(H,5,6). The van der Waals surface area contributed by atoms with Crippen LogP contribution in [0.4, 0.5) is 3.89 Å². The first-order valence-electron chi connectivity index (χ1n) is 1.72. The largest absolute Gasteiger partial charge is 0.391 e. The normalized spacial score (nSPS) is 16.1. The lowest BCUT2D eigenvalue weighted by Gasteiger charge is -2.19. The van der Waals surface area contributed by atoms with E-state index in [1.54, 1.807) is 0 Å². The minimum Gasteiger partial charge on any atom is -0.391 e. The fourth-order valence-corrected chi connectivity index (χ4v) is 0.456. The third-order valence-corrected chi connectivity index (χ3v) is 0.849. The summed E-state index contributed by atoms with van der Waals surface area (Å²) in [4.78, 5) is 0. The zero-order valence-electron chi connectivity index (χ0n) is 4.33. The highest BCUT2D eigenvalue weighted by molar-refractivity contribution is 8.05. The predicted molar refractivity (Wildman–Crippen MR) is 29.1 cm³/mol.